The lowest BCUT2D eigenvalue weighted by atomic mass is 9.99. The largest absolute Gasteiger partial charge is 0.355 e. The SMILES string of the molecule is c1ccc(-n2c3ccccc3c3c(-c4cccc(Nc5cccc6ccccc56)c4)cccc32)cc1. The number of hydrogen-bond donors (Lipinski definition) is 1. The summed E-state index contributed by atoms with van der Waals surface area (Å²) in [5.41, 5.74) is 8.23. The maximum Gasteiger partial charge on any atom is 0.0547 e. The van der Waals surface area contributed by atoms with Crippen LogP contribution in [0, 0.1) is 0 Å². The van der Waals surface area contributed by atoms with E-state index in [1.807, 2.05) is 0 Å². The molecule has 6 aromatic carbocycles. The van der Waals surface area contributed by atoms with Gasteiger partial charge in [-0.25, -0.2) is 0 Å². The lowest BCUT2D eigenvalue weighted by molar-refractivity contribution is 1.18. The highest BCUT2D eigenvalue weighted by molar-refractivity contribution is 6.15. The molecule has 0 saturated heterocycles. The minimum Gasteiger partial charge on any atom is -0.355 e. The molecule has 1 aromatic heterocycles. The van der Waals surface area contributed by atoms with E-state index in [9.17, 15) is 0 Å². The summed E-state index contributed by atoms with van der Waals surface area (Å²) in [4.78, 5) is 0. The van der Waals surface area contributed by atoms with Crippen molar-refractivity contribution in [2.45, 2.75) is 0 Å². The fourth-order valence-corrected chi connectivity index (χ4v) is 5.37. The second-order valence-electron chi connectivity index (χ2n) is 9.12. The zero-order valence-corrected chi connectivity index (χ0v) is 19.7. The van der Waals surface area contributed by atoms with E-state index < -0.39 is 0 Å². The minimum atomic E-state index is 1.08. The van der Waals surface area contributed by atoms with Crippen LogP contribution >= 0.6 is 0 Å². The topological polar surface area (TPSA) is 17.0 Å². The van der Waals surface area contributed by atoms with Gasteiger partial charge < -0.3 is 9.88 Å². The minimum absolute atomic E-state index is 1.08. The number of nitrogens with one attached hydrogen (secondary N) is 1. The summed E-state index contributed by atoms with van der Waals surface area (Å²) in [5.74, 6) is 0. The second-order valence-corrected chi connectivity index (χ2v) is 9.12. The Hall–Kier alpha value is -4.82. The monoisotopic (exact) mass is 460 g/mol. The first-order valence-electron chi connectivity index (χ1n) is 12.3. The molecular weight excluding hydrogens is 436 g/mol. The van der Waals surface area contributed by atoms with Gasteiger partial charge in [-0.15, -0.1) is 0 Å². The summed E-state index contributed by atoms with van der Waals surface area (Å²) >= 11 is 0. The van der Waals surface area contributed by atoms with Crippen molar-refractivity contribution in [2.24, 2.45) is 0 Å². The third-order valence-electron chi connectivity index (χ3n) is 6.95. The van der Waals surface area contributed by atoms with Gasteiger partial charge in [0.15, 0.2) is 0 Å². The van der Waals surface area contributed by atoms with Crippen LogP contribution in [0.25, 0.3) is 49.4 Å². The molecule has 7 rings (SSSR count). The van der Waals surface area contributed by atoms with Crippen molar-refractivity contribution in [1.29, 1.82) is 0 Å². The highest BCUT2D eigenvalue weighted by atomic mass is 15.0. The second kappa shape index (κ2) is 8.44. The van der Waals surface area contributed by atoms with Gasteiger partial charge in [0.1, 0.15) is 0 Å². The van der Waals surface area contributed by atoms with Crippen molar-refractivity contribution in [1.82, 2.24) is 4.57 Å². The van der Waals surface area contributed by atoms with Crippen LogP contribution in [-0.4, -0.2) is 4.57 Å². The van der Waals surface area contributed by atoms with E-state index in [4.69, 9.17) is 0 Å². The number of hydrogen-bond acceptors (Lipinski definition) is 1. The number of fused-ring (bicyclic) bond motifs is 4. The molecule has 0 spiro atoms. The summed E-state index contributed by atoms with van der Waals surface area (Å²) < 4.78 is 2.37. The Kier molecular flexibility index (Phi) is 4.82. The van der Waals surface area contributed by atoms with Crippen molar-refractivity contribution < 1.29 is 0 Å². The molecule has 0 amide bonds. The Morgan fingerprint density at radius 2 is 1.19 bits per heavy atom. The average molecular weight is 461 g/mol. The first-order chi connectivity index (χ1) is 17.9. The quantitative estimate of drug-likeness (QED) is 0.277. The van der Waals surface area contributed by atoms with Gasteiger partial charge >= 0.3 is 0 Å². The average Bonchev–Trinajstić information content (AvgIpc) is 3.28. The predicted octanol–water partition coefficient (Wildman–Crippen LogP) is 9.35. The molecule has 7 aromatic rings. The number of rotatable bonds is 4. The lowest BCUT2D eigenvalue weighted by Crippen LogP contribution is -1.93. The van der Waals surface area contributed by atoms with Crippen molar-refractivity contribution in [2.75, 3.05) is 5.32 Å². The normalized spacial score (nSPS) is 11.3. The van der Waals surface area contributed by atoms with E-state index >= 15 is 0 Å². The Morgan fingerprint density at radius 3 is 2.11 bits per heavy atom. The maximum atomic E-state index is 3.67. The van der Waals surface area contributed by atoms with Gasteiger partial charge in [0, 0.05) is 33.2 Å². The fraction of sp³-hybridized carbons (Fsp3) is 0. The van der Waals surface area contributed by atoms with Crippen LogP contribution in [0.4, 0.5) is 11.4 Å². The van der Waals surface area contributed by atoms with Crippen LogP contribution in [0.5, 0.6) is 0 Å². The number of nitrogens with zero attached hydrogens (tertiary/aromatic N) is 1. The van der Waals surface area contributed by atoms with Gasteiger partial charge in [0.2, 0.25) is 0 Å². The van der Waals surface area contributed by atoms with Gasteiger partial charge in [0.05, 0.1) is 11.0 Å². The maximum absolute atomic E-state index is 3.67. The van der Waals surface area contributed by atoms with Gasteiger partial charge in [-0.2, -0.15) is 0 Å². The molecule has 0 saturated carbocycles. The fourth-order valence-electron chi connectivity index (χ4n) is 5.37. The van der Waals surface area contributed by atoms with Crippen LogP contribution in [0.3, 0.4) is 0 Å². The standard InChI is InChI=1S/C34H24N2/c1-2-15-27(16-3-1)36-32-21-7-6-18-30(32)34-29(19-10-22-33(34)36)25-13-8-14-26(23-25)35-31-20-9-12-24-11-4-5-17-28(24)31/h1-23,35H. The third-order valence-corrected chi connectivity index (χ3v) is 6.95. The summed E-state index contributed by atoms with van der Waals surface area (Å²) in [7, 11) is 0. The third kappa shape index (κ3) is 3.35. The zero-order chi connectivity index (χ0) is 23.9. The molecule has 1 N–H and O–H groups in total. The number of anilines is 2. The molecule has 0 aliphatic rings. The van der Waals surface area contributed by atoms with Crippen molar-refractivity contribution in [3.05, 3.63) is 140 Å². The Bertz CT molecular complexity index is 1860. The van der Waals surface area contributed by atoms with Gasteiger partial charge in [-0.3, -0.25) is 0 Å². The molecule has 0 unspecified atom stereocenters. The van der Waals surface area contributed by atoms with E-state index in [1.54, 1.807) is 0 Å². The summed E-state index contributed by atoms with van der Waals surface area (Å²) in [5, 5.41) is 8.66. The van der Waals surface area contributed by atoms with E-state index in [2.05, 4.69) is 149 Å². The molecule has 0 radical (unpaired) electrons. The summed E-state index contributed by atoms with van der Waals surface area (Å²) in [6.07, 6.45) is 0. The van der Waals surface area contributed by atoms with Crippen molar-refractivity contribution in [3.8, 4) is 16.8 Å². The zero-order valence-electron chi connectivity index (χ0n) is 19.7. The molecule has 0 bridgehead atoms. The van der Waals surface area contributed by atoms with E-state index in [1.165, 1.54) is 49.4 Å². The van der Waals surface area contributed by atoms with Crippen molar-refractivity contribution in [3.63, 3.8) is 0 Å². The summed E-state index contributed by atoms with van der Waals surface area (Å²) in [6, 6.07) is 49.6. The number of para-hydroxylation sites is 2. The molecule has 170 valence electrons. The van der Waals surface area contributed by atoms with Crippen LogP contribution in [0.15, 0.2) is 140 Å². The number of aromatic nitrogens is 1. The molecule has 1 heterocycles. The van der Waals surface area contributed by atoms with Crippen LogP contribution < -0.4 is 5.32 Å². The number of benzene rings is 6. The van der Waals surface area contributed by atoms with E-state index in [0.717, 1.165) is 11.4 Å². The molecule has 0 aliphatic heterocycles. The van der Waals surface area contributed by atoms with Crippen LogP contribution in [0.2, 0.25) is 0 Å². The van der Waals surface area contributed by atoms with Crippen LogP contribution in [-0.2, 0) is 0 Å². The highest BCUT2D eigenvalue weighted by Gasteiger charge is 2.15. The predicted molar refractivity (Wildman–Crippen MR) is 153 cm³/mol. The molecule has 0 fully saturated rings. The molecule has 0 atom stereocenters. The molecule has 2 nitrogen and oxygen atoms in total. The first kappa shape index (κ1) is 20.5. The Balaban J connectivity index is 1.40. The Labute approximate surface area is 210 Å². The van der Waals surface area contributed by atoms with Gasteiger partial charge in [-0.05, 0) is 59.0 Å². The first-order valence-corrected chi connectivity index (χ1v) is 12.3. The van der Waals surface area contributed by atoms with Gasteiger partial charge in [-0.1, -0.05) is 97.1 Å². The molecular formula is C34H24N2. The highest BCUT2D eigenvalue weighted by Crippen LogP contribution is 2.39. The van der Waals surface area contributed by atoms with Crippen molar-refractivity contribution >= 4 is 44.0 Å². The summed E-state index contributed by atoms with van der Waals surface area (Å²) in [6.45, 7) is 0. The Morgan fingerprint density at radius 1 is 0.500 bits per heavy atom. The lowest BCUT2D eigenvalue weighted by Gasteiger charge is -2.12. The van der Waals surface area contributed by atoms with Crippen LogP contribution in [0.1, 0.15) is 0 Å². The van der Waals surface area contributed by atoms with E-state index in [0.29, 0.717) is 0 Å². The van der Waals surface area contributed by atoms with Gasteiger partial charge in [0.25, 0.3) is 0 Å². The van der Waals surface area contributed by atoms with E-state index in [-0.39, 0.29) is 0 Å². The molecule has 2 heteroatoms. The molecule has 36 heavy (non-hydrogen) atoms. The smallest absolute Gasteiger partial charge is 0.0547 e. The molecule has 0 aliphatic carbocycles.